The molecule has 0 aromatic heterocycles. The number of halogens is 2. The molecule has 2 nitrogen and oxygen atoms in total. The third kappa shape index (κ3) is 2.76. The third-order valence-electron chi connectivity index (χ3n) is 3.48. The van der Waals surface area contributed by atoms with E-state index in [-0.39, 0.29) is 12.1 Å². The molecule has 1 aliphatic heterocycles. The van der Waals surface area contributed by atoms with E-state index in [0.29, 0.717) is 10.0 Å². The molecule has 0 bridgehead atoms. The zero-order valence-electron chi connectivity index (χ0n) is 10.00. The molecule has 0 aliphatic carbocycles. The topological polar surface area (TPSA) is 29.3 Å². The average molecular weight is 273 g/mol. The summed E-state index contributed by atoms with van der Waals surface area (Å²) in [5.74, 6) is 0. The molecule has 1 fully saturated rings. The van der Waals surface area contributed by atoms with Gasteiger partial charge in [-0.25, -0.2) is 0 Å². The second-order valence-electron chi connectivity index (χ2n) is 4.73. The van der Waals surface area contributed by atoms with Crippen LogP contribution in [0.2, 0.25) is 10.0 Å². The minimum absolute atomic E-state index is 0.124. The summed E-state index contributed by atoms with van der Waals surface area (Å²) in [4.78, 5) is 2.29. The molecule has 2 N–H and O–H groups in total. The maximum absolute atomic E-state index is 6.30. The normalized spacial score (nSPS) is 26.8. The molecule has 2 atom stereocenters. The summed E-state index contributed by atoms with van der Waals surface area (Å²) in [6.07, 6.45) is 3.41. The maximum Gasteiger partial charge on any atom is 0.0640 e. The van der Waals surface area contributed by atoms with Crippen LogP contribution in [0, 0.1) is 0 Å². The average Bonchev–Trinajstić information content (AvgIpc) is 2.45. The van der Waals surface area contributed by atoms with E-state index in [0.717, 1.165) is 18.5 Å². The van der Waals surface area contributed by atoms with Crippen LogP contribution in [0.15, 0.2) is 18.2 Å². The standard InChI is InChI=1S/C13H18Cl2N2/c1-17-8-3-2-7-11(16)13(17)9-5-4-6-10(14)12(9)15/h4-6,11,13H,2-3,7-8,16H2,1H3. The van der Waals surface area contributed by atoms with E-state index in [1.807, 2.05) is 18.2 Å². The molecule has 94 valence electrons. The minimum Gasteiger partial charge on any atom is -0.326 e. The number of likely N-dealkylation sites (tertiary alicyclic amines) is 1. The highest BCUT2D eigenvalue weighted by Crippen LogP contribution is 2.35. The van der Waals surface area contributed by atoms with Gasteiger partial charge in [0, 0.05) is 6.04 Å². The predicted octanol–water partition coefficient (Wildman–Crippen LogP) is 3.48. The Hall–Kier alpha value is -0.280. The quantitative estimate of drug-likeness (QED) is 0.848. The molecular formula is C13H18Cl2N2. The van der Waals surface area contributed by atoms with Gasteiger partial charge >= 0.3 is 0 Å². The van der Waals surface area contributed by atoms with Crippen molar-refractivity contribution in [3.8, 4) is 0 Å². The Morgan fingerprint density at radius 1 is 1.29 bits per heavy atom. The van der Waals surface area contributed by atoms with Crippen LogP contribution in [-0.4, -0.2) is 24.5 Å². The first kappa shape index (κ1) is 13.2. The molecule has 1 aromatic rings. The Morgan fingerprint density at radius 2 is 2.06 bits per heavy atom. The van der Waals surface area contributed by atoms with Gasteiger partial charge in [0.1, 0.15) is 0 Å². The van der Waals surface area contributed by atoms with Crippen molar-refractivity contribution < 1.29 is 0 Å². The molecule has 1 saturated heterocycles. The highest BCUT2D eigenvalue weighted by Gasteiger charge is 2.28. The fraction of sp³-hybridized carbons (Fsp3) is 0.538. The van der Waals surface area contributed by atoms with Crippen LogP contribution < -0.4 is 5.73 Å². The van der Waals surface area contributed by atoms with E-state index in [1.165, 1.54) is 12.8 Å². The van der Waals surface area contributed by atoms with Crippen molar-refractivity contribution >= 4 is 23.2 Å². The Labute approximate surface area is 113 Å². The van der Waals surface area contributed by atoms with Crippen LogP contribution in [0.25, 0.3) is 0 Å². The summed E-state index contributed by atoms with van der Waals surface area (Å²) in [6.45, 7) is 1.06. The van der Waals surface area contributed by atoms with Gasteiger partial charge in [-0.2, -0.15) is 0 Å². The molecule has 2 unspecified atom stereocenters. The summed E-state index contributed by atoms with van der Waals surface area (Å²) in [7, 11) is 2.10. The lowest BCUT2D eigenvalue weighted by Gasteiger charge is -2.31. The van der Waals surface area contributed by atoms with Crippen LogP contribution >= 0.6 is 23.2 Å². The van der Waals surface area contributed by atoms with Gasteiger partial charge in [-0.15, -0.1) is 0 Å². The van der Waals surface area contributed by atoms with Crippen LogP contribution in [0.5, 0.6) is 0 Å². The number of nitrogens with zero attached hydrogens (tertiary/aromatic N) is 1. The first-order valence-corrected chi connectivity index (χ1v) is 6.76. The third-order valence-corrected chi connectivity index (χ3v) is 4.31. The van der Waals surface area contributed by atoms with E-state index < -0.39 is 0 Å². The molecule has 1 aromatic carbocycles. The second-order valence-corrected chi connectivity index (χ2v) is 5.51. The molecule has 0 spiro atoms. The molecule has 0 radical (unpaired) electrons. The summed E-state index contributed by atoms with van der Waals surface area (Å²) in [6, 6.07) is 6.08. The van der Waals surface area contributed by atoms with Crippen molar-refractivity contribution in [1.29, 1.82) is 0 Å². The predicted molar refractivity (Wildman–Crippen MR) is 73.7 cm³/mol. The van der Waals surface area contributed by atoms with Crippen molar-refractivity contribution in [2.24, 2.45) is 5.73 Å². The van der Waals surface area contributed by atoms with E-state index in [4.69, 9.17) is 28.9 Å². The summed E-state index contributed by atoms with van der Waals surface area (Å²) in [5, 5.41) is 1.25. The number of hydrogen-bond donors (Lipinski definition) is 1. The lowest BCUT2D eigenvalue weighted by atomic mass is 9.96. The smallest absolute Gasteiger partial charge is 0.0640 e. The highest BCUT2D eigenvalue weighted by molar-refractivity contribution is 6.42. The largest absolute Gasteiger partial charge is 0.326 e. The fourth-order valence-corrected chi connectivity index (χ4v) is 3.00. The van der Waals surface area contributed by atoms with Crippen molar-refractivity contribution in [2.75, 3.05) is 13.6 Å². The highest BCUT2D eigenvalue weighted by atomic mass is 35.5. The van der Waals surface area contributed by atoms with E-state index in [2.05, 4.69) is 11.9 Å². The Morgan fingerprint density at radius 3 is 2.82 bits per heavy atom. The van der Waals surface area contributed by atoms with Crippen LogP contribution in [0.4, 0.5) is 0 Å². The first-order chi connectivity index (χ1) is 8.11. The van der Waals surface area contributed by atoms with Crippen molar-refractivity contribution in [1.82, 2.24) is 4.90 Å². The van der Waals surface area contributed by atoms with Gasteiger partial charge in [-0.3, -0.25) is 4.90 Å². The Bertz CT molecular complexity index is 383. The lowest BCUT2D eigenvalue weighted by Crippen LogP contribution is -2.37. The lowest BCUT2D eigenvalue weighted by molar-refractivity contribution is 0.230. The van der Waals surface area contributed by atoms with Gasteiger partial charge in [0.05, 0.1) is 16.1 Å². The summed E-state index contributed by atoms with van der Waals surface area (Å²) in [5.41, 5.74) is 7.33. The molecule has 2 rings (SSSR count). The molecule has 0 saturated carbocycles. The molecule has 1 aliphatic rings. The summed E-state index contributed by atoms with van der Waals surface area (Å²) < 4.78 is 0. The number of nitrogens with two attached hydrogens (primary N) is 1. The van der Waals surface area contributed by atoms with Gasteiger partial charge in [0.2, 0.25) is 0 Å². The first-order valence-electron chi connectivity index (χ1n) is 6.01. The zero-order valence-corrected chi connectivity index (χ0v) is 11.5. The number of benzene rings is 1. The zero-order chi connectivity index (χ0) is 12.4. The SMILES string of the molecule is CN1CCCCC(N)C1c1cccc(Cl)c1Cl. The van der Waals surface area contributed by atoms with Gasteiger partial charge in [0.25, 0.3) is 0 Å². The van der Waals surface area contributed by atoms with Crippen molar-refractivity contribution in [3.63, 3.8) is 0 Å². The van der Waals surface area contributed by atoms with E-state index >= 15 is 0 Å². The van der Waals surface area contributed by atoms with Gasteiger partial charge < -0.3 is 5.73 Å². The van der Waals surface area contributed by atoms with Crippen molar-refractivity contribution in [3.05, 3.63) is 33.8 Å². The molecule has 17 heavy (non-hydrogen) atoms. The Kier molecular flexibility index (Phi) is 4.31. The number of rotatable bonds is 1. The number of likely N-dealkylation sites (N-methyl/N-ethyl adjacent to an activating group) is 1. The van der Waals surface area contributed by atoms with Gasteiger partial charge in [-0.1, -0.05) is 41.8 Å². The van der Waals surface area contributed by atoms with Gasteiger partial charge in [0.15, 0.2) is 0 Å². The minimum atomic E-state index is 0.124. The second kappa shape index (κ2) is 5.57. The molecule has 0 amide bonds. The fourth-order valence-electron chi connectivity index (χ4n) is 2.58. The number of hydrogen-bond acceptors (Lipinski definition) is 2. The van der Waals surface area contributed by atoms with E-state index in [9.17, 15) is 0 Å². The maximum atomic E-state index is 6.30. The van der Waals surface area contributed by atoms with E-state index in [1.54, 1.807) is 0 Å². The van der Waals surface area contributed by atoms with Crippen LogP contribution in [0.3, 0.4) is 0 Å². The van der Waals surface area contributed by atoms with Crippen LogP contribution in [0.1, 0.15) is 30.9 Å². The summed E-state index contributed by atoms with van der Waals surface area (Å²) >= 11 is 12.4. The van der Waals surface area contributed by atoms with Crippen LogP contribution in [-0.2, 0) is 0 Å². The molecule has 1 heterocycles. The molecule has 4 heteroatoms. The molecular weight excluding hydrogens is 255 g/mol. The Balaban J connectivity index is 2.38. The monoisotopic (exact) mass is 272 g/mol. The van der Waals surface area contributed by atoms with Crippen molar-refractivity contribution in [2.45, 2.75) is 31.3 Å². The van der Waals surface area contributed by atoms with Gasteiger partial charge in [-0.05, 0) is 38.1 Å².